The van der Waals surface area contributed by atoms with Crippen molar-refractivity contribution in [2.24, 2.45) is 0 Å². The number of aliphatic carboxylic acids is 1. The Balaban J connectivity index is 1.36. The number of methoxy groups -OCH3 is 1. The Hall–Kier alpha value is -3.79. The molecule has 2 N–H and O–H groups in total. The average Bonchev–Trinajstić information content (AvgIpc) is 3.48. The maximum atomic E-state index is 11.4. The van der Waals surface area contributed by atoms with Crippen LogP contribution in [0.3, 0.4) is 0 Å². The van der Waals surface area contributed by atoms with Crippen LogP contribution < -0.4 is 19.5 Å². The summed E-state index contributed by atoms with van der Waals surface area (Å²) in [5, 5.41) is 16.4. The lowest BCUT2D eigenvalue weighted by atomic mass is 9.91. The highest BCUT2D eigenvalue weighted by molar-refractivity contribution is 5.68. The van der Waals surface area contributed by atoms with Gasteiger partial charge in [-0.25, -0.2) is 4.98 Å². The van der Waals surface area contributed by atoms with Crippen molar-refractivity contribution in [2.75, 3.05) is 32.9 Å². The van der Waals surface area contributed by atoms with Crippen LogP contribution in [0, 0.1) is 0 Å². The van der Waals surface area contributed by atoms with E-state index in [1.54, 1.807) is 19.2 Å². The van der Waals surface area contributed by atoms with E-state index in [1.807, 2.05) is 31.3 Å². The van der Waals surface area contributed by atoms with Crippen molar-refractivity contribution < 1.29 is 33.4 Å². The van der Waals surface area contributed by atoms with Crippen LogP contribution in [0.25, 0.3) is 0 Å². The second-order valence-electron chi connectivity index (χ2n) is 7.83. The largest absolute Gasteiger partial charge is 0.481 e. The highest BCUT2D eigenvalue weighted by Crippen LogP contribution is 2.36. The SMILES string of the molecule is CNc1nc(CCOc2cc(CC(CC(=O)O)c3ccc4c(c3)OCO4)on2)ccc1COC. The molecule has 0 fully saturated rings. The lowest BCUT2D eigenvalue weighted by Crippen LogP contribution is -2.09. The normalized spacial score (nSPS) is 13.0. The van der Waals surface area contributed by atoms with Crippen molar-refractivity contribution in [3.05, 3.63) is 59.0 Å². The first-order valence-corrected chi connectivity index (χ1v) is 10.9. The number of anilines is 1. The monoisotopic (exact) mass is 469 g/mol. The standard InChI is InChI=1S/C24H27N3O7/c1-25-24-16(13-30-2)3-5-18(26-24)7-8-31-22-12-19(34-27-22)9-17(11-23(28)29)15-4-6-20-21(10-15)33-14-32-20/h3-6,10,12,17H,7-9,11,13-14H2,1-2H3,(H,25,26)(H,28,29). The molecule has 1 unspecified atom stereocenters. The topological polar surface area (TPSA) is 125 Å². The van der Waals surface area contributed by atoms with Crippen LogP contribution in [-0.4, -0.2) is 48.8 Å². The van der Waals surface area contributed by atoms with Gasteiger partial charge in [0.15, 0.2) is 11.5 Å². The van der Waals surface area contributed by atoms with Crippen molar-refractivity contribution in [3.8, 4) is 17.4 Å². The molecule has 180 valence electrons. The Morgan fingerprint density at radius 1 is 1.21 bits per heavy atom. The molecule has 3 heterocycles. The Morgan fingerprint density at radius 3 is 2.85 bits per heavy atom. The minimum atomic E-state index is -0.899. The van der Waals surface area contributed by atoms with Gasteiger partial charge in [-0.05, 0) is 28.9 Å². The van der Waals surface area contributed by atoms with Crippen molar-refractivity contribution >= 4 is 11.8 Å². The fourth-order valence-corrected chi connectivity index (χ4v) is 3.80. The molecular weight excluding hydrogens is 442 g/mol. The zero-order valence-corrected chi connectivity index (χ0v) is 19.1. The molecule has 1 atom stereocenters. The molecule has 1 aliphatic heterocycles. The van der Waals surface area contributed by atoms with Gasteiger partial charge in [0, 0.05) is 50.2 Å². The molecule has 34 heavy (non-hydrogen) atoms. The van der Waals surface area contributed by atoms with Crippen LogP contribution in [0.15, 0.2) is 40.9 Å². The maximum absolute atomic E-state index is 11.4. The first kappa shape index (κ1) is 23.4. The van der Waals surface area contributed by atoms with E-state index in [-0.39, 0.29) is 19.1 Å². The van der Waals surface area contributed by atoms with E-state index in [2.05, 4.69) is 15.5 Å². The van der Waals surface area contributed by atoms with Crippen LogP contribution in [0.1, 0.15) is 34.9 Å². The fourth-order valence-electron chi connectivity index (χ4n) is 3.80. The maximum Gasteiger partial charge on any atom is 0.303 e. The molecule has 0 aliphatic carbocycles. The summed E-state index contributed by atoms with van der Waals surface area (Å²) in [5.74, 6) is 1.71. The van der Waals surface area contributed by atoms with Gasteiger partial charge in [0.1, 0.15) is 11.6 Å². The molecule has 1 aliphatic rings. The lowest BCUT2D eigenvalue weighted by Gasteiger charge is -2.14. The number of hydrogen-bond acceptors (Lipinski definition) is 9. The molecule has 1 aromatic carbocycles. The summed E-state index contributed by atoms with van der Waals surface area (Å²) in [6.45, 7) is 1.01. The third-order valence-corrected chi connectivity index (χ3v) is 5.46. The Bertz CT molecular complexity index is 1130. The molecule has 0 bridgehead atoms. The quantitative estimate of drug-likeness (QED) is 0.408. The Labute approximate surface area is 196 Å². The minimum Gasteiger partial charge on any atom is -0.481 e. The lowest BCUT2D eigenvalue weighted by molar-refractivity contribution is -0.137. The van der Waals surface area contributed by atoms with Crippen molar-refractivity contribution in [2.45, 2.75) is 31.8 Å². The van der Waals surface area contributed by atoms with Crippen LogP contribution in [0.2, 0.25) is 0 Å². The molecule has 2 aromatic heterocycles. The zero-order chi connectivity index (χ0) is 23.9. The number of carboxylic acids is 1. The molecule has 0 amide bonds. The number of nitrogens with one attached hydrogen (secondary N) is 1. The molecule has 4 rings (SSSR count). The summed E-state index contributed by atoms with van der Waals surface area (Å²) < 4.78 is 27.1. The number of hydrogen-bond donors (Lipinski definition) is 2. The number of carboxylic acid groups (broad SMARTS) is 1. The van der Waals surface area contributed by atoms with Gasteiger partial charge >= 0.3 is 5.97 Å². The summed E-state index contributed by atoms with van der Waals surface area (Å²) in [6.07, 6.45) is 0.883. The number of fused-ring (bicyclic) bond motifs is 1. The molecule has 0 spiro atoms. The van der Waals surface area contributed by atoms with Gasteiger partial charge in [0.2, 0.25) is 6.79 Å². The highest BCUT2D eigenvalue weighted by atomic mass is 16.7. The van der Waals surface area contributed by atoms with E-state index in [9.17, 15) is 9.90 Å². The first-order chi connectivity index (χ1) is 16.6. The number of pyridine rings is 1. The van der Waals surface area contributed by atoms with Gasteiger partial charge in [-0.15, -0.1) is 0 Å². The van der Waals surface area contributed by atoms with E-state index in [1.165, 1.54) is 0 Å². The third kappa shape index (κ3) is 5.76. The molecule has 3 aromatic rings. The van der Waals surface area contributed by atoms with Gasteiger partial charge in [-0.2, -0.15) is 0 Å². The van der Waals surface area contributed by atoms with Crippen molar-refractivity contribution in [1.82, 2.24) is 10.1 Å². The molecule has 10 heteroatoms. The molecule has 0 saturated carbocycles. The number of aromatic nitrogens is 2. The predicted octanol–water partition coefficient (Wildman–Crippen LogP) is 3.41. The third-order valence-electron chi connectivity index (χ3n) is 5.46. The zero-order valence-electron chi connectivity index (χ0n) is 19.1. The Kier molecular flexibility index (Phi) is 7.48. The van der Waals surface area contributed by atoms with Gasteiger partial charge in [-0.1, -0.05) is 12.1 Å². The molecule has 0 saturated heterocycles. The van der Waals surface area contributed by atoms with Crippen LogP contribution in [-0.2, 0) is 29.0 Å². The van der Waals surface area contributed by atoms with E-state index < -0.39 is 5.97 Å². The van der Waals surface area contributed by atoms with Crippen LogP contribution >= 0.6 is 0 Å². The summed E-state index contributed by atoms with van der Waals surface area (Å²) in [7, 11) is 3.46. The molecule has 10 nitrogen and oxygen atoms in total. The minimum absolute atomic E-state index is 0.0604. The summed E-state index contributed by atoms with van der Waals surface area (Å²) in [6, 6.07) is 11.1. The summed E-state index contributed by atoms with van der Waals surface area (Å²) in [5.41, 5.74) is 2.68. The number of rotatable bonds is 12. The number of benzene rings is 1. The van der Waals surface area contributed by atoms with Crippen molar-refractivity contribution in [3.63, 3.8) is 0 Å². The van der Waals surface area contributed by atoms with Crippen LogP contribution in [0.5, 0.6) is 17.4 Å². The van der Waals surface area contributed by atoms with E-state index in [4.69, 9.17) is 23.5 Å². The summed E-state index contributed by atoms with van der Waals surface area (Å²) in [4.78, 5) is 16.0. The highest BCUT2D eigenvalue weighted by Gasteiger charge is 2.22. The van der Waals surface area contributed by atoms with Crippen molar-refractivity contribution in [1.29, 1.82) is 0 Å². The average molecular weight is 469 g/mol. The second kappa shape index (κ2) is 10.9. The number of nitrogens with zero attached hydrogens (tertiary/aromatic N) is 2. The van der Waals surface area contributed by atoms with Gasteiger partial charge in [-0.3, -0.25) is 4.79 Å². The molecular formula is C24H27N3O7. The Morgan fingerprint density at radius 2 is 2.06 bits per heavy atom. The summed E-state index contributed by atoms with van der Waals surface area (Å²) >= 11 is 0. The smallest absolute Gasteiger partial charge is 0.303 e. The van der Waals surface area contributed by atoms with Gasteiger partial charge < -0.3 is 33.9 Å². The van der Waals surface area contributed by atoms with Gasteiger partial charge in [0.05, 0.1) is 19.6 Å². The number of carbonyl (C=O) groups is 1. The van der Waals surface area contributed by atoms with E-state index in [0.717, 1.165) is 22.6 Å². The fraction of sp³-hybridized carbons (Fsp3) is 0.375. The predicted molar refractivity (Wildman–Crippen MR) is 121 cm³/mol. The first-order valence-electron chi connectivity index (χ1n) is 10.9. The van der Waals surface area contributed by atoms with Crippen LogP contribution in [0.4, 0.5) is 5.82 Å². The van der Waals surface area contributed by atoms with E-state index >= 15 is 0 Å². The van der Waals surface area contributed by atoms with E-state index in [0.29, 0.717) is 49.2 Å². The second-order valence-corrected chi connectivity index (χ2v) is 7.83. The molecule has 0 radical (unpaired) electrons. The number of ether oxygens (including phenoxy) is 4. The van der Waals surface area contributed by atoms with Gasteiger partial charge in [0.25, 0.3) is 5.88 Å².